The molecule has 0 unspecified atom stereocenters. The minimum absolute atomic E-state index is 0.136. The second-order valence-electron chi connectivity index (χ2n) is 7.27. The lowest BCUT2D eigenvalue weighted by Gasteiger charge is -2.19. The Bertz CT molecular complexity index is 778. The zero-order valence-electron chi connectivity index (χ0n) is 13.9. The maximum Gasteiger partial charge on any atom is 0.283 e. The third kappa shape index (κ3) is 3.13. The highest BCUT2D eigenvalue weighted by Crippen LogP contribution is 2.27. The van der Waals surface area contributed by atoms with Gasteiger partial charge in [0.2, 0.25) is 5.91 Å². The smallest absolute Gasteiger partial charge is 0.273 e. The van der Waals surface area contributed by atoms with Crippen molar-refractivity contribution < 1.29 is 4.79 Å². The molecular weight excluding hydrogens is 294 g/mol. The van der Waals surface area contributed by atoms with Crippen molar-refractivity contribution >= 4 is 16.9 Å². The van der Waals surface area contributed by atoms with Crippen LogP contribution in [0.3, 0.4) is 0 Å². The van der Waals surface area contributed by atoms with Gasteiger partial charge in [0.1, 0.15) is 11.7 Å². The molecule has 1 fully saturated rings. The van der Waals surface area contributed by atoms with Gasteiger partial charge in [-0.1, -0.05) is 12.8 Å². The summed E-state index contributed by atoms with van der Waals surface area (Å²) in [5.41, 5.74) is 2.61. The van der Waals surface area contributed by atoms with Crippen molar-refractivity contribution in [2.75, 3.05) is 5.43 Å². The minimum Gasteiger partial charge on any atom is -0.273 e. The van der Waals surface area contributed by atoms with Gasteiger partial charge in [0.05, 0.1) is 11.7 Å². The van der Waals surface area contributed by atoms with E-state index in [-0.39, 0.29) is 17.0 Å². The number of aromatic nitrogens is 4. The van der Waals surface area contributed by atoms with Crippen LogP contribution in [-0.2, 0) is 10.3 Å². The molecule has 7 heteroatoms. The zero-order valence-corrected chi connectivity index (χ0v) is 13.9. The summed E-state index contributed by atoms with van der Waals surface area (Å²) >= 11 is 0. The second-order valence-corrected chi connectivity index (χ2v) is 7.27. The molecule has 0 aromatic carbocycles. The molecule has 1 amide bonds. The number of rotatable bonds is 3. The molecular formula is C16H23N5O2. The molecule has 1 aliphatic carbocycles. The van der Waals surface area contributed by atoms with Crippen molar-refractivity contribution in [2.24, 2.45) is 5.92 Å². The summed E-state index contributed by atoms with van der Waals surface area (Å²) in [7, 11) is 0. The summed E-state index contributed by atoms with van der Waals surface area (Å²) in [6.45, 7) is 5.99. The number of carbonyl (C=O) groups excluding carboxylic acids is 1. The highest BCUT2D eigenvalue weighted by Gasteiger charge is 2.21. The van der Waals surface area contributed by atoms with Gasteiger partial charge in [-0.05, 0) is 39.5 Å². The molecule has 2 heterocycles. The first-order valence-corrected chi connectivity index (χ1v) is 8.12. The van der Waals surface area contributed by atoms with Crippen LogP contribution in [0, 0.1) is 5.92 Å². The van der Waals surface area contributed by atoms with Gasteiger partial charge >= 0.3 is 0 Å². The molecule has 23 heavy (non-hydrogen) atoms. The highest BCUT2D eigenvalue weighted by molar-refractivity contribution is 5.84. The maximum absolute atomic E-state index is 12.5. The maximum atomic E-state index is 12.5. The van der Waals surface area contributed by atoms with Crippen LogP contribution in [0.1, 0.15) is 52.9 Å². The summed E-state index contributed by atoms with van der Waals surface area (Å²) in [6, 6.07) is 0. The van der Waals surface area contributed by atoms with E-state index in [9.17, 15) is 9.59 Å². The molecule has 2 aromatic rings. The number of carbonyl (C=O) groups is 1. The fourth-order valence-electron chi connectivity index (χ4n) is 3.14. The normalized spacial score (nSPS) is 16.1. The van der Waals surface area contributed by atoms with Gasteiger partial charge < -0.3 is 0 Å². The van der Waals surface area contributed by atoms with Gasteiger partial charge in [-0.15, -0.1) is 0 Å². The van der Waals surface area contributed by atoms with Crippen LogP contribution in [0.4, 0.5) is 0 Å². The van der Waals surface area contributed by atoms with E-state index in [0.717, 1.165) is 17.5 Å². The predicted octanol–water partition coefficient (Wildman–Crippen LogP) is 2.00. The zero-order chi connectivity index (χ0) is 16.6. The third-order valence-corrected chi connectivity index (χ3v) is 4.32. The van der Waals surface area contributed by atoms with E-state index in [0.29, 0.717) is 23.4 Å². The Morgan fingerprint density at radius 3 is 2.70 bits per heavy atom. The van der Waals surface area contributed by atoms with Crippen LogP contribution < -0.4 is 11.0 Å². The Labute approximate surface area is 134 Å². The van der Waals surface area contributed by atoms with Crippen LogP contribution in [-0.4, -0.2) is 25.3 Å². The first-order valence-electron chi connectivity index (χ1n) is 8.12. The molecule has 0 saturated heterocycles. The fourth-order valence-corrected chi connectivity index (χ4v) is 3.14. The molecule has 124 valence electrons. The number of fused-ring (bicyclic) bond motifs is 1. The van der Waals surface area contributed by atoms with Gasteiger partial charge in [0.25, 0.3) is 5.56 Å². The van der Waals surface area contributed by atoms with Crippen molar-refractivity contribution in [2.45, 2.75) is 58.4 Å². The number of nitrogens with one attached hydrogen (secondary N) is 1. The van der Waals surface area contributed by atoms with Crippen LogP contribution in [0.2, 0.25) is 0 Å². The van der Waals surface area contributed by atoms with Crippen LogP contribution in [0.15, 0.2) is 17.3 Å². The summed E-state index contributed by atoms with van der Waals surface area (Å²) in [5.74, 6) is 0.300. The van der Waals surface area contributed by atoms with Crippen LogP contribution >= 0.6 is 0 Å². The Morgan fingerprint density at radius 2 is 2.04 bits per heavy atom. The van der Waals surface area contributed by atoms with E-state index in [1.54, 1.807) is 4.68 Å². The van der Waals surface area contributed by atoms with E-state index in [1.807, 2.05) is 20.8 Å². The van der Waals surface area contributed by atoms with Gasteiger partial charge in [-0.3, -0.25) is 15.0 Å². The first kappa shape index (κ1) is 15.7. The SMILES string of the molecule is CC(C)(C)n1ncc2c(=O)n(NC(=O)CC3CCCC3)cnc21. The summed E-state index contributed by atoms with van der Waals surface area (Å²) in [6.07, 6.45) is 7.91. The topological polar surface area (TPSA) is 81.8 Å². The van der Waals surface area contributed by atoms with Crippen molar-refractivity contribution in [1.82, 2.24) is 19.4 Å². The van der Waals surface area contributed by atoms with Crippen LogP contribution in [0.25, 0.3) is 11.0 Å². The summed E-state index contributed by atoms with van der Waals surface area (Å²) in [4.78, 5) is 28.9. The molecule has 2 aromatic heterocycles. The fraction of sp³-hybridized carbons (Fsp3) is 0.625. The lowest BCUT2D eigenvalue weighted by atomic mass is 10.0. The van der Waals surface area contributed by atoms with Gasteiger partial charge in [0, 0.05) is 6.42 Å². The Balaban J connectivity index is 1.83. The Hall–Kier alpha value is -2.18. The predicted molar refractivity (Wildman–Crippen MR) is 87.7 cm³/mol. The minimum atomic E-state index is -0.301. The number of nitrogens with zero attached hydrogens (tertiary/aromatic N) is 4. The molecule has 1 saturated carbocycles. The van der Waals surface area contributed by atoms with Gasteiger partial charge in [0.15, 0.2) is 5.65 Å². The van der Waals surface area contributed by atoms with Crippen molar-refractivity contribution in [3.8, 4) is 0 Å². The average Bonchev–Trinajstić information content (AvgIpc) is 3.10. The molecule has 0 radical (unpaired) electrons. The highest BCUT2D eigenvalue weighted by atomic mass is 16.2. The lowest BCUT2D eigenvalue weighted by Crippen LogP contribution is -2.34. The molecule has 0 bridgehead atoms. The average molecular weight is 317 g/mol. The third-order valence-electron chi connectivity index (χ3n) is 4.32. The molecule has 1 N–H and O–H groups in total. The molecule has 0 aliphatic heterocycles. The van der Waals surface area contributed by atoms with Gasteiger partial charge in [-0.2, -0.15) is 5.10 Å². The Kier molecular flexibility index (Phi) is 3.95. The van der Waals surface area contributed by atoms with Crippen molar-refractivity contribution in [3.63, 3.8) is 0 Å². The van der Waals surface area contributed by atoms with Crippen LogP contribution in [0.5, 0.6) is 0 Å². The van der Waals surface area contributed by atoms with Crippen molar-refractivity contribution in [1.29, 1.82) is 0 Å². The second kappa shape index (κ2) is 5.79. The largest absolute Gasteiger partial charge is 0.283 e. The molecule has 1 aliphatic rings. The van der Waals surface area contributed by atoms with Crippen molar-refractivity contribution in [3.05, 3.63) is 22.9 Å². The summed E-state index contributed by atoms with van der Waals surface area (Å²) in [5, 5.41) is 4.67. The van der Waals surface area contributed by atoms with E-state index in [4.69, 9.17) is 0 Å². The van der Waals surface area contributed by atoms with E-state index < -0.39 is 0 Å². The van der Waals surface area contributed by atoms with E-state index >= 15 is 0 Å². The van der Waals surface area contributed by atoms with E-state index in [2.05, 4.69) is 15.5 Å². The number of amides is 1. The quantitative estimate of drug-likeness (QED) is 0.938. The lowest BCUT2D eigenvalue weighted by molar-refractivity contribution is -0.118. The summed E-state index contributed by atoms with van der Waals surface area (Å²) < 4.78 is 2.88. The van der Waals surface area contributed by atoms with Gasteiger partial charge in [-0.25, -0.2) is 14.3 Å². The molecule has 3 rings (SSSR count). The van der Waals surface area contributed by atoms with E-state index in [1.165, 1.54) is 25.4 Å². The standard InChI is InChI=1S/C16H23N5O2/c1-16(2,3)21-14-12(9-18-21)15(23)20(10-17-14)19-13(22)8-11-6-4-5-7-11/h9-11H,4-8H2,1-3H3,(H,19,22). The number of hydrogen-bond donors (Lipinski definition) is 1. The Morgan fingerprint density at radius 1 is 1.35 bits per heavy atom. The molecule has 7 nitrogen and oxygen atoms in total. The number of hydrogen-bond acceptors (Lipinski definition) is 4. The first-order chi connectivity index (χ1) is 10.9. The molecule has 0 atom stereocenters. The molecule has 0 spiro atoms. The monoisotopic (exact) mass is 317 g/mol.